The van der Waals surface area contributed by atoms with Crippen LogP contribution in [0.4, 0.5) is 0 Å². The van der Waals surface area contributed by atoms with Gasteiger partial charge in [-0.25, -0.2) is 9.36 Å². The molecule has 3 rings (SSSR count). The number of likely N-dealkylation sites (tertiary alicyclic amines) is 1. The minimum atomic E-state index is -4.93. The number of aliphatic hydroxyl groups is 2. The zero-order valence-electron chi connectivity index (χ0n) is 23.2. The third kappa shape index (κ3) is 10.1. The number of ether oxygens (including phenoxy) is 1. The van der Waals surface area contributed by atoms with Crippen molar-refractivity contribution in [2.24, 2.45) is 5.92 Å². The molecule has 16 heteroatoms. The van der Waals surface area contributed by atoms with Crippen LogP contribution in [0, 0.1) is 5.92 Å². The summed E-state index contributed by atoms with van der Waals surface area (Å²) in [6, 6.07) is 4.64. The second-order valence-corrected chi connectivity index (χ2v) is 12.9. The molecular formula is C25H40ClN2O11PS. The first-order chi connectivity index (χ1) is 19.1. The van der Waals surface area contributed by atoms with Crippen molar-refractivity contribution in [1.29, 1.82) is 0 Å². The zero-order chi connectivity index (χ0) is 31.1. The van der Waals surface area contributed by atoms with Crippen molar-refractivity contribution in [1.82, 2.24) is 10.2 Å². The Morgan fingerprint density at radius 2 is 1.90 bits per heavy atom. The van der Waals surface area contributed by atoms with Gasteiger partial charge in [0.05, 0.1) is 17.5 Å². The number of alkyl halides is 1. The predicted octanol–water partition coefficient (Wildman–Crippen LogP) is 1.60. The molecule has 0 radical (unpaired) electrons. The number of rotatable bonds is 10. The number of likely N-dealkylation sites (N-methyl/N-ethyl adjacent to an activating group) is 1. The molecule has 0 aliphatic carbocycles. The van der Waals surface area contributed by atoms with Gasteiger partial charge in [-0.1, -0.05) is 25.5 Å². The number of benzene rings is 1. The Balaban J connectivity index is 0.000000493. The minimum absolute atomic E-state index is 0.0671. The van der Waals surface area contributed by atoms with Crippen molar-refractivity contribution in [3.63, 3.8) is 0 Å². The summed E-state index contributed by atoms with van der Waals surface area (Å²) < 4.78 is 21.7. The Morgan fingerprint density at radius 1 is 1.27 bits per heavy atom. The first-order valence-corrected chi connectivity index (χ1v) is 16.3. The Morgan fingerprint density at radius 3 is 2.39 bits per heavy atom. The van der Waals surface area contributed by atoms with Gasteiger partial charge in [-0.2, -0.15) is 0 Å². The van der Waals surface area contributed by atoms with Gasteiger partial charge < -0.3 is 40.3 Å². The first kappa shape index (κ1) is 35.7. The van der Waals surface area contributed by atoms with E-state index in [0.717, 1.165) is 37.6 Å². The largest absolute Gasteiger partial charge is 0.507 e. The van der Waals surface area contributed by atoms with Crippen LogP contribution in [0.1, 0.15) is 43.5 Å². The maximum absolute atomic E-state index is 13.0. The van der Waals surface area contributed by atoms with Gasteiger partial charge in [-0.05, 0) is 51.1 Å². The van der Waals surface area contributed by atoms with Gasteiger partial charge in [-0.15, -0.1) is 23.4 Å². The standard InChI is InChI=1S/C18H34ClN2O8PS.C7H6O3/c1-5-6-10-7-11(21(3)8-10)17(24)20-12(9(2)19)15-13(22)14(23)16(18(28-15)31-4)29-30(25,26)27;8-6-4-2-1-3-5(6)7(9)10/h9-16,18,22-23H,5-8H2,1-4H3,(H,20,24)(H2,25,26,27);1-4,8H,(H,9,10)/t9-,10+,11-,12+,13+,14-,15+,16+,18+;/m0./s1. The number of aliphatic hydroxyl groups excluding tert-OH is 2. The van der Waals surface area contributed by atoms with E-state index < -0.39 is 55.1 Å². The summed E-state index contributed by atoms with van der Waals surface area (Å²) in [5, 5.41) is 40.7. The number of carbonyl (C=O) groups excluding carboxylic acids is 1. The van der Waals surface area contributed by atoms with Crippen LogP contribution in [0.5, 0.6) is 5.75 Å². The molecule has 2 heterocycles. The molecule has 0 saturated carbocycles. The van der Waals surface area contributed by atoms with Crippen molar-refractivity contribution in [2.75, 3.05) is 19.8 Å². The molecule has 0 spiro atoms. The van der Waals surface area contributed by atoms with Crippen LogP contribution in [0.15, 0.2) is 24.3 Å². The van der Waals surface area contributed by atoms with Crippen LogP contribution >= 0.6 is 31.2 Å². The van der Waals surface area contributed by atoms with E-state index >= 15 is 0 Å². The van der Waals surface area contributed by atoms with Gasteiger partial charge in [0.15, 0.2) is 0 Å². The molecule has 41 heavy (non-hydrogen) atoms. The molecule has 1 aromatic carbocycles. The fourth-order valence-corrected chi connectivity index (χ4v) is 6.59. The normalized spacial score (nSPS) is 30.1. The van der Waals surface area contributed by atoms with Gasteiger partial charge in [0.2, 0.25) is 5.91 Å². The number of halogens is 1. The Hall–Kier alpha value is -1.45. The molecule has 9 atom stereocenters. The number of hydrogen-bond acceptors (Lipinski definition) is 10. The first-order valence-electron chi connectivity index (χ1n) is 13.1. The molecule has 0 bridgehead atoms. The summed E-state index contributed by atoms with van der Waals surface area (Å²) >= 11 is 7.38. The third-order valence-corrected chi connectivity index (χ3v) is 8.63. The van der Waals surface area contributed by atoms with Gasteiger partial charge in [0.1, 0.15) is 41.2 Å². The van der Waals surface area contributed by atoms with E-state index in [9.17, 15) is 24.4 Å². The zero-order valence-corrected chi connectivity index (χ0v) is 25.7. The maximum atomic E-state index is 13.0. The molecule has 234 valence electrons. The number of phosphoric ester groups is 1. The highest BCUT2D eigenvalue weighted by atomic mass is 35.5. The van der Waals surface area contributed by atoms with Gasteiger partial charge >= 0.3 is 13.8 Å². The number of phenols is 1. The van der Waals surface area contributed by atoms with Crippen molar-refractivity contribution >= 4 is 43.1 Å². The molecule has 7 N–H and O–H groups in total. The monoisotopic (exact) mass is 642 g/mol. The average Bonchev–Trinajstić information content (AvgIpc) is 3.25. The number of phosphoric acid groups is 1. The number of hydrogen-bond donors (Lipinski definition) is 7. The molecular weight excluding hydrogens is 603 g/mol. The van der Waals surface area contributed by atoms with Crippen LogP contribution in [0.25, 0.3) is 0 Å². The van der Waals surface area contributed by atoms with Crippen LogP contribution in [0.2, 0.25) is 0 Å². The Kier molecular flexibility index (Phi) is 13.8. The van der Waals surface area contributed by atoms with E-state index in [-0.39, 0.29) is 23.3 Å². The number of aromatic carboxylic acids is 1. The number of aromatic hydroxyl groups is 1. The molecule has 2 saturated heterocycles. The van der Waals surface area contributed by atoms with Crippen molar-refractivity contribution < 1.29 is 53.6 Å². The number of thioether (sulfide) groups is 1. The highest BCUT2D eigenvalue weighted by molar-refractivity contribution is 7.99. The van der Waals surface area contributed by atoms with E-state index in [4.69, 9.17) is 36.3 Å². The SMILES string of the molecule is CCC[C@@H]1C[C@@H](C(=O)N[C@@H]([C@H]2O[C@H](SC)[C@H](OP(=O)(O)O)[C@@H](O)[C@H]2O)[C@H](C)Cl)N(C)C1.O=C(O)c1ccccc1O. The average molecular weight is 643 g/mol. The lowest BCUT2D eigenvalue weighted by atomic mass is 9.92. The molecule has 0 unspecified atom stereocenters. The summed E-state index contributed by atoms with van der Waals surface area (Å²) in [4.78, 5) is 43.5. The van der Waals surface area contributed by atoms with Crippen LogP contribution < -0.4 is 5.32 Å². The number of carbonyl (C=O) groups is 2. The van der Waals surface area contributed by atoms with Crippen LogP contribution in [-0.4, -0.2) is 114 Å². The van der Waals surface area contributed by atoms with Crippen molar-refractivity contribution in [2.45, 2.75) is 80.4 Å². The topological polar surface area (TPSA) is 206 Å². The number of nitrogens with zero attached hydrogens (tertiary/aromatic N) is 1. The molecule has 2 aliphatic rings. The summed E-state index contributed by atoms with van der Waals surface area (Å²) in [6.07, 6.45) is -1.37. The lowest BCUT2D eigenvalue weighted by molar-refractivity contribution is -0.201. The smallest absolute Gasteiger partial charge is 0.470 e. The summed E-state index contributed by atoms with van der Waals surface area (Å²) in [7, 11) is -3.04. The summed E-state index contributed by atoms with van der Waals surface area (Å²) in [5.41, 5.74) is -1.06. The highest BCUT2D eigenvalue weighted by Crippen LogP contribution is 2.43. The highest BCUT2D eigenvalue weighted by Gasteiger charge is 2.51. The number of carboxylic acid groups (broad SMARTS) is 1. The number of amides is 1. The second-order valence-electron chi connectivity index (χ2n) is 10.1. The second kappa shape index (κ2) is 15.9. The Labute approximate surface area is 248 Å². The van der Waals surface area contributed by atoms with Crippen LogP contribution in [-0.2, 0) is 18.6 Å². The van der Waals surface area contributed by atoms with Gasteiger partial charge in [0.25, 0.3) is 0 Å². The molecule has 2 fully saturated rings. The minimum Gasteiger partial charge on any atom is -0.507 e. The van der Waals surface area contributed by atoms with E-state index in [1.165, 1.54) is 12.1 Å². The quantitative estimate of drug-likeness (QED) is 0.143. The molecule has 1 aromatic rings. The summed E-state index contributed by atoms with van der Waals surface area (Å²) in [6.45, 7) is 4.57. The maximum Gasteiger partial charge on any atom is 0.470 e. The number of para-hydroxylation sites is 1. The van der Waals surface area contributed by atoms with Crippen molar-refractivity contribution in [3.05, 3.63) is 29.8 Å². The van der Waals surface area contributed by atoms with E-state index in [1.807, 2.05) is 11.9 Å². The molecule has 0 aromatic heterocycles. The number of nitrogens with one attached hydrogen (secondary N) is 1. The Bertz CT molecular complexity index is 1060. The van der Waals surface area contributed by atoms with E-state index in [1.54, 1.807) is 25.3 Å². The van der Waals surface area contributed by atoms with Gasteiger partial charge in [0, 0.05) is 6.54 Å². The van der Waals surface area contributed by atoms with Crippen LogP contribution in [0.3, 0.4) is 0 Å². The van der Waals surface area contributed by atoms with Crippen molar-refractivity contribution in [3.8, 4) is 5.75 Å². The fraction of sp³-hybridized carbons (Fsp3) is 0.680. The third-order valence-electron chi connectivity index (χ3n) is 7.00. The van der Waals surface area contributed by atoms with E-state index in [2.05, 4.69) is 16.8 Å². The fourth-order valence-electron chi connectivity index (χ4n) is 5.02. The molecule has 1 amide bonds. The lowest BCUT2D eigenvalue weighted by Gasteiger charge is -2.45. The number of carboxylic acids is 1. The van der Waals surface area contributed by atoms with E-state index in [0.29, 0.717) is 5.92 Å². The molecule has 2 aliphatic heterocycles. The summed E-state index contributed by atoms with van der Waals surface area (Å²) in [5.74, 6) is -1.12. The lowest BCUT2D eigenvalue weighted by Crippen LogP contribution is -2.65. The predicted molar refractivity (Wildman–Crippen MR) is 153 cm³/mol. The van der Waals surface area contributed by atoms with Gasteiger partial charge in [-0.3, -0.25) is 14.2 Å². The molecule has 13 nitrogen and oxygen atoms in total.